The summed E-state index contributed by atoms with van der Waals surface area (Å²) >= 11 is 0. The zero-order valence-electron chi connectivity index (χ0n) is 31.3. The number of rotatable bonds is 6. The van der Waals surface area contributed by atoms with Crippen molar-refractivity contribution in [2.45, 2.75) is 6.92 Å². The molecule has 0 fully saturated rings. The van der Waals surface area contributed by atoms with Gasteiger partial charge in [0.15, 0.2) is 5.82 Å². The van der Waals surface area contributed by atoms with Crippen LogP contribution in [0.3, 0.4) is 0 Å². The van der Waals surface area contributed by atoms with Gasteiger partial charge in [0.05, 0.1) is 33.5 Å². The molecule has 0 atom stereocenters. The van der Waals surface area contributed by atoms with Crippen LogP contribution in [0.1, 0.15) is 5.56 Å². The summed E-state index contributed by atoms with van der Waals surface area (Å²) in [5.74, 6) is 0.706. The Kier molecular flexibility index (Phi) is 7.68. The standard InChI is InChI=1S/C53H36N4/c1-35-23-27-41(28-24-35)56-49-21-10-8-19-43(49)45-29-25-38(32-51(45)56)39-26-30-46-44-20-9-11-22-50(44)57(52(46)33-39)42-18-12-17-40(31-42)48-34-47(36-13-4-2-5-14-36)54-53(55-48)37-15-6-3-7-16-37/h2-34H,1H3. The summed E-state index contributed by atoms with van der Waals surface area (Å²) in [5, 5.41) is 4.94. The van der Waals surface area contributed by atoms with Gasteiger partial charge in [-0.25, -0.2) is 9.97 Å². The highest BCUT2D eigenvalue weighted by Gasteiger charge is 2.17. The molecule has 0 spiro atoms. The topological polar surface area (TPSA) is 35.6 Å². The van der Waals surface area contributed by atoms with Gasteiger partial charge in [0.25, 0.3) is 0 Å². The van der Waals surface area contributed by atoms with Crippen molar-refractivity contribution in [2.24, 2.45) is 0 Å². The third-order valence-corrected chi connectivity index (χ3v) is 11.2. The van der Waals surface area contributed by atoms with Gasteiger partial charge in [-0.2, -0.15) is 0 Å². The summed E-state index contributed by atoms with van der Waals surface area (Å²) in [6.45, 7) is 2.14. The van der Waals surface area contributed by atoms with Crippen molar-refractivity contribution >= 4 is 43.6 Å². The Hall–Kier alpha value is -7.56. The van der Waals surface area contributed by atoms with E-state index < -0.39 is 0 Å². The summed E-state index contributed by atoms with van der Waals surface area (Å²) in [5.41, 5.74) is 15.4. The molecule has 57 heavy (non-hydrogen) atoms. The van der Waals surface area contributed by atoms with Gasteiger partial charge in [0.2, 0.25) is 0 Å². The van der Waals surface area contributed by atoms with Crippen LogP contribution in [0, 0.1) is 6.92 Å². The number of aromatic nitrogens is 4. The van der Waals surface area contributed by atoms with Crippen LogP contribution >= 0.6 is 0 Å². The third kappa shape index (κ3) is 5.61. The molecular weight excluding hydrogens is 693 g/mol. The summed E-state index contributed by atoms with van der Waals surface area (Å²) in [7, 11) is 0. The fourth-order valence-electron chi connectivity index (χ4n) is 8.42. The molecule has 11 rings (SSSR count). The first-order chi connectivity index (χ1) is 28.2. The zero-order valence-corrected chi connectivity index (χ0v) is 31.3. The van der Waals surface area contributed by atoms with Gasteiger partial charge in [-0.15, -0.1) is 0 Å². The highest BCUT2D eigenvalue weighted by molar-refractivity contribution is 6.12. The Morgan fingerprint density at radius 3 is 1.42 bits per heavy atom. The smallest absolute Gasteiger partial charge is 0.160 e. The molecule has 0 amide bonds. The molecule has 0 aliphatic carbocycles. The lowest BCUT2D eigenvalue weighted by Gasteiger charge is -2.13. The van der Waals surface area contributed by atoms with E-state index in [-0.39, 0.29) is 0 Å². The van der Waals surface area contributed by atoms with E-state index in [2.05, 4.69) is 192 Å². The SMILES string of the molecule is Cc1ccc(-n2c3ccccc3c3ccc(-c4ccc5c6ccccc6n(-c6cccc(-c7cc(-c8ccccc8)nc(-c8ccccc8)n7)c6)c5c4)cc32)cc1. The fraction of sp³-hybridized carbons (Fsp3) is 0.0189. The second-order valence-corrected chi connectivity index (χ2v) is 14.7. The van der Waals surface area contributed by atoms with Crippen molar-refractivity contribution in [1.82, 2.24) is 19.1 Å². The predicted octanol–water partition coefficient (Wildman–Crippen LogP) is 13.6. The largest absolute Gasteiger partial charge is 0.309 e. The molecule has 0 aliphatic rings. The minimum absolute atomic E-state index is 0.706. The quantitative estimate of drug-likeness (QED) is 0.171. The van der Waals surface area contributed by atoms with Gasteiger partial charge in [-0.1, -0.05) is 151 Å². The van der Waals surface area contributed by atoms with E-state index in [1.807, 2.05) is 24.3 Å². The Morgan fingerprint density at radius 1 is 0.316 bits per heavy atom. The average molecular weight is 729 g/mol. The van der Waals surface area contributed by atoms with E-state index in [1.165, 1.54) is 49.3 Å². The molecule has 0 bridgehead atoms. The third-order valence-electron chi connectivity index (χ3n) is 11.2. The average Bonchev–Trinajstić information content (AvgIpc) is 3.79. The molecule has 0 unspecified atom stereocenters. The van der Waals surface area contributed by atoms with Gasteiger partial charge >= 0.3 is 0 Å². The van der Waals surface area contributed by atoms with Gasteiger partial charge in [-0.3, -0.25) is 0 Å². The van der Waals surface area contributed by atoms with E-state index in [1.54, 1.807) is 0 Å². The molecule has 3 aromatic heterocycles. The van der Waals surface area contributed by atoms with Crippen molar-refractivity contribution in [3.05, 3.63) is 206 Å². The normalized spacial score (nSPS) is 11.6. The van der Waals surface area contributed by atoms with Crippen LogP contribution in [0.5, 0.6) is 0 Å². The van der Waals surface area contributed by atoms with Crippen LogP contribution in [0.2, 0.25) is 0 Å². The number of para-hydroxylation sites is 2. The molecule has 0 radical (unpaired) electrons. The minimum Gasteiger partial charge on any atom is -0.309 e. The van der Waals surface area contributed by atoms with Crippen LogP contribution in [-0.4, -0.2) is 19.1 Å². The van der Waals surface area contributed by atoms with Crippen molar-refractivity contribution in [3.8, 4) is 56.4 Å². The number of aryl methyl sites for hydroxylation is 1. The Bertz CT molecular complexity index is 3230. The van der Waals surface area contributed by atoms with E-state index in [0.29, 0.717) is 5.82 Å². The van der Waals surface area contributed by atoms with Crippen molar-refractivity contribution in [3.63, 3.8) is 0 Å². The van der Waals surface area contributed by atoms with Crippen molar-refractivity contribution < 1.29 is 0 Å². The monoisotopic (exact) mass is 728 g/mol. The summed E-state index contributed by atoms with van der Waals surface area (Å²) < 4.78 is 4.80. The molecule has 0 saturated carbocycles. The van der Waals surface area contributed by atoms with Gasteiger partial charge in [0, 0.05) is 49.6 Å². The maximum Gasteiger partial charge on any atom is 0.160 e. The van der Waals surface area contributed by atoms with E-state index >= 15 is 0 Å². The van der Waals surface area contributed by atoms with E-state index in [4.69, 9.17) is 9.97 Å². The fourth-order valence-corrected chi connectivity index (χ4v) is 8.42. The molecule has 0 saturated heterocycles. The zero-order chi connectivity index (χ0) is 37.9. The Morgan fingerprint density at radius 2 is 0.807 bits per heavy atom. The summed E-state index contributed by atoms with van der Waals surface area (Å²) in [6, 6.07) is 71.5. The molecule has 3 heterocycles. The predicted molar refractivity (Wildman–Crippen MR) is 237 cm³/mol. The van der Waals surface area contributed by atoms with Crippen molar-refractivity contribution in [1.29, 1.82) is 0 Å². The number of nitrogens with zero attached hydrogens (tertiary/aromatic N) is 4. The molecule has 11 aromatic rings. The lowest BCUT2D eigenvalue weighted by molar-refractivity contribution is 1.16. The van der Waals surface area contributed by atoms with Crippen LogP contribution < -0.4 is 0 Å². The van der Waals surface area contributed by atoms with E-state index in [0.717, 1.165) is 50.5 Å². The summed E-state index contributed by atoms with van der Waals surface area (Å²) in [6.07, 6.45) is 0. The van der Waals surface area contributed by atoms with Crippen LogP contribution in [-0.2, 0) is 0 Å². The minimum atomic E-state index is 0.706. The second-order valence-electron chi connectivity index (χ2n) is 14.7. The van der Waals surface area contributed by atoms with Crippen molar-refractivity contribution in [2.75, 3.05) is 0 Å². The first-order valence-corrected chi connectivity index (χ1v) is 19.4. The molecule has 8 aromatic carbocycles. The molecule has 4 heteroatoms. The molecule has 4 nitrogen and oxygen atoms in total. The molecule has 0 aliphatic heterocycles. The lowest BCUT2D eigenvalue weighted by Crippen LogP contribution is -1.98. The highest BCUT2D eigenvalue weighted by Crippen LogP contribution is 2.39. The van der Waals surface area contributed by atoms with Crippen LogP contribution in [0.25, 0.3) is 100 Å². The number of hydrogen-bond donors (Lipinski definition) is 0. The molecule has 0 N–H and O–H groups in total. The first-order valence-electron chi connectivity index (χ1n) is 19.4. The molecular formula is C53H36N4. The number of fused-ring (bicyclic) bond motifs is 6. The van der Waals surface area contributed by atoms with E-state index in [9.17, 15) is 0 Å². The lowest BCUT2D eigenvalue weighted by atomic mass is 10.0. The van der Waals surface area contributed by atoms with Crippen LogP contribution in [0.15, 0.2) is 200 Å². The number of hydrogen-bond acceptors (Lipinski definition) is 2. The van der Waals surface area contributed by atoms with Gasteiger partial charge < -0.3 is 9.13 Å². The van der Waals surface area contributed by atoms with Gasteiger partial charge in [-0.05, 0) is 72.6 Å². The summed E-state index contributed by atoms with van der Waals surface area (Å²) in [4.78, 5) is 10.2. The van der Waals surface area contributed by atoms with Gasteiger partial charge in [0.1, 0.15) is 0 Å². The molecule has 268 valence electrons. The first kappa shape index (κ1) is 32.8. The number of benzene rings is 8. The highest BCUT2D eigenvalue weighted by atomic mass is 15.0. The Labute approximate surface area is 330 Å². The maximum absolute atomic E-state index is 5.15. The second kappa shape index (κ2) is 13.3. The Balaban J connectivity index is 1.08. The van der Waals surface area contributed by atoms with Crippen LogP contribution in [0.4, 0.5) is 0 Å². The maximum atomic E-state index is 5.15.